The molecule has 0 radical (unpaired) electrons. The van der Waals surface area contributed by atoms with Gasteiger partial charge in [0, 0.05) is 32.3 Å². The summed E-state index contributed by atoms with van der Waals surface area (Å²) in [4.78, 5) is 6.74. The molecule has 0 spiro atoms. The molecule has 0 aromatic heterocycles. The van der Waals surface area contributed by atoms with Crippen molar-refractivity contribution in [3.8, 4) is 5.75 Å². The van der Waals surface area contributed by atoms with Crippen molar-refractivity contribution in [1.29, 1.82) is 0 Å². The quantitative estimate of drug-likeness (QED) is 0.186. The third kappa shape index (κ3) is 11.1. The second kappa shape index (κ2) is 16.9. The number of hydrogen-bond donors (Lipinski definition) is 2. The van der Waals surface area contributed by atoms with E-state index in [1.54, 1.807) is 7.05 Å². The van der Waals surface area contributed by atoms with Gasteiger partial charge in [-0.2, -0.15) is 0 Å². The number of halogens is 1. The average Bonchev–Trinajstić information content (AvgIpc) is 2.68. The maximum atomic E-state index is 5.90. The Bertz CT molecular complexity index is 551. The second-order valence-electron chi connectivity index (χ2n) is 6.39. The van der Waals surface area contributed by atoms with Gasteiger partial charge in [0.05, 0.1) is 6.61 Å². The molecule has 0 saturated carbocycles. The Hall–Kier alpha value is -1.06. The molecular weight excluding hydrogens is 467 g/mol. The van der Waals surface area contributed by atoms with Gasteiger partial charge in [0.15, 0.2) is 5.96 Å². The van der Waals surface area contributed by atoms with Crippen molar-refractivity contribution in [3.05, 3.63) is 29.3 Å². The van der Waals surface area contributed by atoms with E-state index in [1.165, 1.54) is 5.56 Å². The molecule has 0 bridgehead atoms. The van der Waals surface area contributed by atoms with Crippen LogP contribution in [0.1, 0.15) is 38.3 Å². The van der Waals surface area contributed by atoms with Gasteiger partial charge in [0.25, 0.3) is 0 Å². The van der Waals surface area contributed by atoms with Gasteiger partial charge < -0.3 is 25.0 Å². The normalized spacial score (nSPS) is 11.3. The molecule has 0 saturated heterocycles. The van der Waals surface area contributed by atoms with Crippen molar-refractivity contribution in [2.75, 3.05) is 53.0 Å². The van der Waals surface area contributed by atoms with E-state index in [0.717, 1.165) is 49.9 Å². The number of nitrogens with one attached hydrogen (secondary N) is 2. The third-order valence-electron chi connectivity index (χ3n) is 4.42. The molecule has 0 atom stereocenters. The molecule has 6 nitrogen and oxygen atoms in total. The molecule has 0 unspecified atom stereocenters. The Morgan fingerprint density at radius 2 is 1.86 bits per heavy atom. The highest BCUT2D eigenvalue weighted by Crippen LogP contribution is 2.20. The smallest absolute Gasteiger partial charge is 0.191 e. The topological polar surface area (TPSA) is 58.1 Å². The van der Waals surface area contributed by atoms with Gasteiger partial charge in [-0.15, -0.1) is 24.0 Å². The van der Waals surface area contributed by atoms with Crippen LogP contribution in [0.3, 0.4) is 0 Å². The Labute approximate surface area is 188 Å². The van der Waals surface area contributed by atoms with Crippen LogP contribution in [0, 0.1) is 6.92 Å². The van der Waals surface area contributed by atoms with Crippen molar-refractivity contribution >= 4 is 29.9 Å². The fourth-order valence-electron chi connectivity index (χ4n) is 2.75. The van der Waals surface area contributed by atoms with Gasteiger partial charge >= 0.3 is 0 Å². The number of hydrogen-bond acceptors (Lipinski definition) is 4. The molecule has 0 aliphatic rings. The lowest BCUT2D eigenvalue weighted by Gasteiger charge is -2.19. The van der Waals surface area contributed by atoms with Crippen LogP contribution < -0.4 is 15.4 Å². The van der Waals surface area contributed by atoms with Crippen molar-refractivity contribution in [1.82, 2.24) is 15.5 Å². The number of nitrogens with zero attached hydrogens (tertiary/aromatic N) is 2. The molecular formula is C21H39IN4O2. The van der Waals surface area contributed by atoms with Crippen LogP contribution in [0.15, 0.2) is 23.2 Å². The highest BCUT2D eigenvalue weighted by Gasteiger charge is 2.06. The first-order chi connectivity index (χ1) is 13.1. The first-order valence-corrected chi connectivity index (χ1v) is 10.1. The van der Waals surface area contributed by atoms with Gasteiger partial charge in [-0.25, -0.2) is 0 Å². The van der Waals surface area contributed by atoms with Gasteiger partial charge in [-0.1, -0.05) is 26.0 Å². The summed E-state index contributed by atoms with van der Waals surface area (Å²) < 4.78 is 11.3. The molecule has 7 heteroatoms. The monoisotopic (exact) mass is 506 g/mol. The lowest BCUT2D eigenvalue weighted by atomic mass is 10.1. The number of rotatable bonds is 13. The molecule has 0 aliphatic carbocycles. The second-order valence-corrected chi connectivity index (χ2v) is 6.39. The summed E-state index contributed by atoms with van der Waals surface area (Å²) in [5.74, 6) is 1.72. The van der Waals surface area contributed by atoms with E-state index in [1.807, 2.05) is 6.92 Å². The zero-order valence-electron chi connectivity index (χ0n) is 18.2. The molecule has 1 rings (SSSR count). The molecule has 28 heavy (non-hydrogen) atoms. The predicted octanol–water partition coefficient (Wildman–Crippen LogP) is 3.43. The minimum Gasteiger partial charge on any atom is -0.491 e. The highest BCUT2D eigenvalue weighted by molar-refractivity contribution is 14.0. The minimum atomic E-state index is 0. The average molecular weight is 506 g/mol. The van der Waals surface area contributed by atoms with Gasteiger partial charge in [-0.05, 0) is 51.5 Å². The van der Waals surface area contributed by atoms with Crippen molar-refractivity contribution in [3.63, 3.8) is 0 Å². The van der Waals surface area contributed by atoms with Crippen LogP contribution in [0.4, 0.5) is 0 Å². The van der Waals surface area contributed by atoms with Crippen LogP contribution in [0.5, 0.6) is 5.75 Å². The highest BCUT2D eigenvalue weighted by atomic mass is 127. The molecule has 2 N–H and O–H groups in total. The molecule has 0 aliphatic heterocycles. The fourth-order valence-corrected chi connectivity index (χ4v) is 2.75. The predicted molar refractivity (Wildman–Crippen MR) is 129 cm³/mol. The largest absolute Gasteiger partial charge is 0.491 e. The standard InChI is InChI=1S/C21H38N4O2.HI/c1-6-25(7-2)13-9-12-23-21(22-5)24-17-19-11-10-18(4)16-20(19)27-15-14-26-8-3;/h10-11,16H,6-9,12-15,17H2,1-5H3,(H2,22,23,24);1H. The van der Waals surface area contributed by atoms with E-state index < -0.39 is 0 Å². The number of benzene rings is 1. The summed E-state index contributed by atoms with van der Waals surface area (Å²) in [6.07, 6.45) is 1.10. The molecule has 1 aromatic rings. The minimum absolute atomic E-state index is 0. The summed E-state index contributed by atoms with van der Waals surface area (Å²) >= 11 is 0. The Kier molecular flexibility index (Phi) is 16.2. The molecule has 1 aromatic carbocycles. The van der Waals surface area contributed by atoms with Crippen LogP contribution in [-0.4, -0.2) is 63.9 Å². The van der Waals surface area contributed by atoms with Crippen molar-refractivity contribution in [2.45, 2.75) is 40.7 Å². The number of ether oxygens (including phenoxy) is 2. The first kappa shape index (κ1) is 26.9. The van der Waals surface area contributed by atoms with E-state index in [4.69, 9.17) is 9.47 Å². The maximum Gasteiger partial charge on any atom is 0.191 e. The zero-order chi connectivity index (χ0) is 19.9. The number of guanidine groups is 1. The summed E-state index contributed by atoms with van der Waals surface area (Å²) in [6, 6.07) is 6.28. The van der Waals surface area contributed by atoms with Crippen LogP contribution in [-0.2, 0) is 11.3 Å². The summed E-state index contributed by atoms with van der Waals surface area (Å²) in [5.41, 5.74) is 2.30. The zero-order valence-corrected chi connectivity index (χ0v) is 20.5. The van der Waals surface area contributed by atoms with E-state index in [-0.39, 0.29) is 24.0 Å². The molecule has 0 amide bonds. The first-order valence-electron chi connectivity index (χ1n) is 10.1. The summed E-state index contributed by atoms with van der Waals surface area (Å²) in [7, 11) is 1.80. The van der Waals surface area contributed by atoms with E-state index in [2.05, 4.69) is 59.5 Å². The number of aliphatic imine (C=N–C) groups is 1. The van der Waals surface area contributed by atoms with Crippen molar-refractivity contribution < 1.29 is 9.47 Å². The van der Waals surface area contributed by atoms with Gasteiger partial charge in [-0.3, -0.25) is 4.99 Å². The molecule has 0 fully saturated rings. The maximum absolute atomic E-state index is 5.90. The van der Waals surface area contributed by atoms with E-state index in [0.29, 0.717) is 26.4 Å². The summed E-state index contributed by atoms with van der Waals surface area (Å²) in [5, 5.41) is 6.76. The SMILES string of the molecule is CCOCCOc1cc(C)ccc1CNC(=NC)NCCCN(CC)CC.I. The van der Waals surface area contributed by atoms with E-state index >= 15 is 0 Å². The van der Waals surface area contributed by atoms with E-state index in [9.17, 15) is 0 Å². The van der Waals surface area contributed by atoms with Crippen LogP contribution >= 0.6 is 24.0 Å². The Morgan fingerprint density at radius 1 is 1.11 bits per heavy atom. The Balaban J connectivity index is 0.00000729. The number of aryl methyl sites for hydroxylation is 1. The van der Waals surface area contributed by atoms with Crippen LogP contribution in [0.25, 0.3) is 0 Å². The third-order valence-corrected chi connectivity index (χ3v) is 4.42. The van der Waals surface area contributed by atoms with Gasteiger partial charge in [0.2, 0.25) is 0 Å². The Morgan fingerprint density at radius 3 is 2.50 bits per heavy atom. The lowest BCUT2D eigenvalue weighted by Crippen LogP contribution is -2.38. The fraction of sp³-hybridized carbons (Fsp3) is 0.667. The van der Waals surface area contributed by atoms with Crippen molar-refractivity contribution in [2.24, 2.45) is 4.99 Å². The summed E-state index contributed by atoms with van der Waals surface area (Å²) in [6.45, 7) is 15.2. The molecule has 0 heterocycles. The lowest BCUT2D eigenvalue weighted by molar-refractivity contribution is 0.110. The van der Waals surface area contributed by atoms with Gasteiger partial charge in [0.1, 0.15) is 12.4 Å². The van der Waals surface area contributed by atoms with Crippen LogP contribution in [0.2, 0.25) is 0 Å². The molecule has 162 valence electrons.